The number of hydrogen-bond donors (Lipinski definition) is 2. The summed E-state index contributed by atoms with van der Waals surface area (Å²) < 4.78 is 0. The van der Waals surface area contributed by atoms with Crippen molar-refractivity contribution in [1.82, 2.24) is 10.2 Å². The van der Waals surface area contributed by atoms with Crippen LogP contribution in [-0.4, -0.2) is 48.1 Å². The molecule has 2 aliphatic carbocycles. The molecule has 0 atom stereocenters. The standard InChI is InChI=1S/C15H24N2O3/c18-10-15(5-6-15)9-16-13(19)11-3-7-17(8-4-11)14(20)12-1-2-12/h11-12,18H,1-10H2,(H,16,19). The van der Waals surface area contributed by atoms with Crippen LogP contribution in [-0.2, 0) is 9.59 Å². The summed E-state index contributed by atoms with van der Waals surface area (Å²) in [6.45, 7) is 2.21. The summed E-state index contributed by atoms with van der Waals surface area (Å²) in [5.74, 6) is 0.705. The normalized spacial score (nSPS) is 25.4. The van der Waals surface area contributed by atoms with E-state index in [2.05, 4.69) is 5.32 Å². The van der Waals surface area contributed by atoms with Gasteiger partial charge in [-0.1, -0.05) is 0 Å². The molecule has 0 unspecified atom stereocenters. The Bertz CT molecular complexity index is 394. The average molecular weight is 280 g/mol. The number of piperidine rings is 1. The van der Waals surface area contributed by atoms with Crippen LogP contribution >= 0.6 is 0 Å². The molecular formula is C15H24N2O3. The van der Waals surface area contributed by atoms with Crippen molar-refractivity contribution in [1.29, 1.82) is 0 Å². The minimum atomic E-state index is -0.0295. The fraction of sp³-hybridized carbons (Fsp3) is 0.867. The highest BCUT2D eigenvalue weighted by Crippen LogP contribution is 2.44. The molecular weight excluding hydrogens is 256 g/mol. The molecule has 2 amide bonds. The summed E-state index contributed by atoms with van der Waals surface area (Å²) in [7, 11) is 0. The fourth-order valence-electron chi connectivity index (χ4n) is 2.94. The SMILES string of the molecule is O=C(NCC1(CO)CC1)C1CCN(C(=O)C2CC2)CC1. The summed E-state index contributed by atoms with van der Waals surface area (Å²) in [6, 6.07) is 0. The molecule has 2 saturated carbocycles. The molecule has 0 bridgehead atoms. The van der Waals surface area contributed by atoms with Crippen molar-refractivity contribution in [2.45, 2.75) is 38.5 Å². The van der Waals surface area contributed by atoms with E-state index in [9.17, 15) is 14.7 Å². The number of aliphatic hydroxyl groups is 1. The largest absolute Gasteiger partial charge is 0.396 e. The zero-order chi connectivity index (χ0) is 14.2. The lowest BCUT2D eigenvalue weighted by Crippen LogP contribution is -2.44. The summed E-state index contributed by atoms with van der Waals surface area (Å²) in [5.41, 5.74) is -0.0295. The highest BCUT2D eigenvalue weighted by atomic mass is 16.3. The van der Waals surface area contributed by atoms with E-state index >= 15 is 0 Å². The van der Waals surface area contributed by atoms with E-state index in [4.69, 9.17) is 0 Å². The molecule has 2 N–H and O–H groups in total. The number of nitrogens with zero attached hydrogens (tertiary/aromatic N) is 1. The maximum atomic E-state index is 12.1. The first kappa shape index (κ1) is 13.9. The summed E-state index contributed by atoms with van der Waals surface area (Å²) in [4.78, 5) is 26.0. The first-order valence-electron chi connectivity index (χ1n) is 7.81. The fourth-order valence-corrected chi connectivity index (χ4v) is 2.94. The quantitative estimate of drug-likeness (QED) is 0.771. The third-order valence-electron chi connectivity index (χ3n) is 5.03. The van der Waals surface area contributed by atoms with Crippen molar-refractivity contribution < 1.29 is 14.7 Å². The van der Waals surface area contributed by atoms with Gasteiger partial charge in [0.15, 0.2) is 0 Å². The Hall–Kier alpha value is -1.10. The van der Waals surface area contributed by atoms with Crippen LogP contribution in [0.2, 0.25) is 0 Å². The number of rotatable bonds is 5. The Labute approximate surface area is 119 Å². The molecule has 1 heterocycles. The Morgan fingerprint density at radius 2 is 1.75 bits per heavy atom. The first-order chi connectivity index (χ1) is 9.63. The van der Waals surface area contributed by atoms with Gasteiger partial charge in [0.05, 0.1) is 6.61 Å². The maximum Gasteiger partial charge on any atom is 0.225 e. The number of amides is 2. The van der Waals surface area contributed by atoms with Gasteiger partial charge >= 0.3 is 0 Å². The smallest absolute Gasteiger partial charge is 0.225 e. The van der Waals surface area contributed by atoms with Crippen molar-refractivity contribution >= 4 is 11.8 Å². The van der Waals surface area contributed by atoms with Gasteiger partial charge in [-0.3, -0.25) is 9.59 Å². The second kappa shape index (κ2) is 5.35. The molecule has 0 aromatic heterocycles. The zero-order valence-electron chi connectivity index (χ0n) is 11.9. The van der Waals surface area contributed by atoms with Gasteiger partial charge in [-0.05, 0) is 38.5 Å². The molecule has 1 aliphatic heterocycles. The minimum Gasteiger partial charge on any atom is -0.396 e. The highest BCUT2D eigenvalue weighted by Gasteiger charge is 2.42. The van der Waals surface area contributed by atoms with Gasteiger partial charge in [0.25, 0.3) is 0 Å². The number of nitrogens with one attached hydrogen (secondary N) is 1. The third kappa shape index (κ3) is 2.97. The van der Waals surface area contributed by atoms with Gasteiger partial charge < -0.3 is 15.3 Å². The Kier molecular flexibility index (Phi) is 3.71. The zero-order valence-corrected chi connectivity index (χ0v) is 11.9. The maximum absolute atomic E-state index is 12.1. The average Bonchev–Trinajstić information content (AvgIpc) is 3.39. The van der Waals surface area contributed by atoms with Crippen LogP contribution in [0.4, 0.5) is 0 Å². The molecule has 0 aromatic rings. The van der Waals surface area contributed by atoms with Gasteiger partial charge in [0.2, 0.25) is 11.8 Å². The summed E-state index contributed by atoms with van der Waals surface area (Å²) in [6.07, 6.45) is 5.66. The summed E-state index contributed by atoms with van der Waals surface area (Å²) in [5, 5.41) is 12.2. The lowest BCUT2D eigenvalue weighted by molar-refractivity contribution is -0.136. The van der Waals surface area contributed by atoms with E-state index in [-0.39, 0.29) is 29.8 Å². The third-order valence-corrected chi connectivity index (χ3v) is 5.03. The topological polar surface area (TPSA) is 69.6 Å². The molecule has 1 saturated heterocycles. The number of hydrogen-bond acceptors (Lipinski definition) is 3. The molecule has 0 radical (unpaired) electrons. The molecule has 5 nitrogen and oxygen atoms in total. The van der Waals surface area contributed by atoms with Gasteiger partial charge in [-0.15, -0.1) is 0 Å². The van der Waals surface area contributed by atoms with E-state index in [0.717, 1.165) is 51.6 Å². The van der Waals surface area contributed by atoms with Crippen molar-refractivity contribution in [3.8, 4) is 0 Å². The Balaban J connectivity index is 1.40. The van der Waals surface area contributed by atoms with Crippen LogP contribution in [0.5, 0.6) is 0 Å². The van der Waals surface area contributed by atoms with Crippen molar-refractivity contribution in [2.24, 2.45) is 17.3 Å². The molecule has 112 valence electrons. The van der Waals surface area contributed by atoms with Gasteiger partial charge in [0.1, 0.15) is 0 Å². The van der Waals surface area contributed by atoms with Crippen LogP contribution in [0, 0.1) is 17.3 Å². The molecule has 20 heavy (non-hydrogen) atoms. The van der Waals surface area contributed by atoms with Crippen LogP contribution in [0.3, 0.4) is 0 Å². The van der Waals surface area contributed by atoms with Crippen LogP contribution < -0.4 is 5.32 Å². The van der Waals surface area contributed by atoms with Crippen LogP contribution in [0.1, 0.15) is 38.5 Å². The number of carbonyl (C=O) groups excluding carboxylic acids is 2. The van der Waals surface area contributed by atoms with E-state index in [1.807, 2.05) is 4.90 Å². The van der Waals surface area contributed by atoms with E-state index in [1.54, 1.807) is 0 Å². The van der Waals surface area contributed by atoms with E-state index in [0.29, 0.717) is 12.5 Å². The van der Waals surface area contributed by atoms with E-state index in [1.165, 1.54) is 0 Å². The molecule has 5 heteroatoms. The second-order valence-electron chi connectivity index (χ2n) is 6.75. The minimum absolute atomic E-state index is 0.0295. The highest BCUT2D eigenvalue weighted by molar-refractivity contribution is 5.82. The number of carbonyl (C=O) groups is 2. The lowest BCUT2D eigenvalue weighted by Gasteiger charge is -2.31. The molecule has 3 rings (SSSR count). The van der Waals surface area contributed by atoms with Gasteiger partial charge in [0, 0.05) is 36.9 Å². The summed E-state index contributed by atoms with van der Waals surface area (Å²) >= 11 is 0. The molecule has 0 spiro atoms. The van der Waals surface area contributed by atoms with Gasteiger partial charge in [-0.25, -0.2) is 0 Å². The van der Waals surface area contributed by atoms with Gasteiger partial charge in [-0.2, -0.15) is 0 Å². The predicted octanol–water partition coefficient (Wildman–Crippen LogP) is 0.524. The number of aliphatic hydroxyl groups excluding tert-OH is 1. The van der Waals surface area contributed by atoms with Crippen LogP contribution in [0.15, 0.2) is 0 Å². The molecule has 0 aromatic carbocycles. The van der Waals surface area contributed by atoms with E-state index < -0.39 is 0 Å². The van der Waals surface area contributed by atoms with Crippen molar-refractivity contribution in [3.05, 3.63) is 0 Å². The first-order valence-corrected chi connectivity index (χ1v) is 7.81. The monoisotopic (exact) mass is 280 g/mol. The Morgan fingerprint density at radius 3 is 2.25 bits per heavy atom. The van der Waals surface area contributed by atoms with Crippen LogP contribution in [0.25, 0.3) is 0 Å². The Morgan fingerprint density at radius 1 is 1.10 bits per heavy atom. The predicted molar refractivity (Wildman–Crippen MR) is 73.8 cm³/mol. The second-order valence-corrected chi connectivity index (χ2v) is 6.75. The molecule has 3 aliphatic rings. The molecule has 3 fully saturated rings. The van der Waals surface area contributed by atoms with Crippen molar-refractivity contribution in [3.63, 3.8) is 0 Å². The number of likely N-dealkylation sites (tertiary alicyclic amines) is 1. The van der Waals surface area contributed by atoms with Crippen molar-refractivity contribution in [2.75, 3.05) is 26.2 Å². The lowest BCUT2D eigenvalue weighted by atomic mass is 9.95.